The minimum atomic E-state index is -0.219. The standard InChI is InChI=1S/C24H24ClN3O3S/c1-15-11-19(16(2)28(15)9-4-10-31-3)21(29)12-27-14-26-23-22(24(27)30)20(13-32-23)17-5-7-18(25)8-6-17/h5-8,11,13-14H,4,9-10,12H2,1-3H3. The van der Waals surface area contributed by atoms with Crippen molar-refractivity contribution in [1.29, 1.82) is 0 Å². The van der Waals surface area contributed by atoms with Crippen LogP contribution < -0.4 is 5.56 Å². The number of benzene rings is 1. The van der Waals surface area contributed by atoms with E-state index in [1.165, 1.54) is 22.2 Å². The number of carbonyl (C=O) groups excluding carboxylic acids is 1. The van der Waals surface area contributed by atoms with Gasteiger partial charge in [-0.2, -0.15) is 0 Å². The molecule has 0 aliphatic carbocycles. The van der Waals surface area contributed by atoms with Gasteiger partial charge < -0.3 is 9.30 Å². The summed E-state index contributed by atoms with van der Waals surface area (Å²) in [6, 6.07) is 9.24. The van der Waals surface area contributed by atoms with Gasteiger partial charge in [0.15, 0.2) is 5.78 Å². The lowest BCUT2D eigenvalue weighted by molar-refractivity contribution is 0.0970. The Hall–Kier alpha value is -2.74. The zero-order chi connectivity index (χ0) is 22.8. The Labute approximate surface area is 195 Å². The maximum Gasteiger partial charge on any atom is 0.263 e. The van der Waals surface area contributed by atoms with E-state index in [0.29, 0.717) is 27.4 Å². The third-order valence-corrected chi connectivity index (χ3v) is 6.77. The summed E-state index contributed by atoms with van der Waals surface area (Å²) < 4.78 is 8.65. The van der Waals surface area contributed by atoms with Crippen LogP contribution in [0, 0.1) is 13.8 Å². The number of methoxy groups -OCH3 is 1. The molecule has 0 saturated carbocycles. The van der Waals surface area contributed by atoms with E-state index in [1.807, 2.05) is 37.4 Å². The number of hydrogen-bond acceptors (Lipinski definition) is 5. The van der Waals surface area contributed by atoms with Crippen LogP contribution in [0.2, 0.25) is 5.02 Å². The molecule has 32 heavy (non-hydrogen) atoms. The highest BCUT2D eigenvalue weighted by molar-refractivity contribution is 7.17. The summed E-state index contributed by atoms with van der Waals surface area (Å²) in [6.45, 7) is 5.32. The van der Waals surface area contributed by atoms with Gasteiger partial charge in [0.1, 0.15) is 4.83 Å². The Kier molecular flexibility index (Phi) is 6.60. The second-order valence-corrected chi connectivity index (χ2v) is 9.01. The fourth-order valence-electron chi connectivity index (χ4n) is 3.96. The van der Waals surface area contributed by atoms with Crippen molar-refractivity contribution in [2.75, 3.05) is 13.7 Å². The second kappa shape index (κ2) is 9.40. The number of hydrogen-bond donors (Lipinski definition) is 0. The van der Waals surface area contributed by atoms with E-state index in [1.54, 1.807) is 19.2 Å². The molecule has 4 rings (SSSR count). The summed E-state index contributed by atoms with van der Waals surface area (Å²) in [5.41, 5.74) is 4.04. The molecule has 0 bridgehead atoms. The van der Waals surface area contributed by atoms with E-state index in [-0.39, 0.29) is 17.9 Å². The minimum Gasteiger partial charge on any atom is -0.385 e. The van der Waals surface area contributed by atoms with Gasteiger partial charge in [-0.1, -0.05) is 23.7 Å². The van der Waals surface area contributed by atoms with Crippen LogP contribution >= 0.6 is 22.9 Å². The highest BCUT2D eigenvalue weighted by atomic mass is 35.5. The molecule has 3 aromatic heterocycles. The molecule has 0 amide bonds. The molecule has 4 aromatic rings. The number of carbonyl (C=O) groups is 1. The molecule has 0 spiro atoms. The van der Waals surface area contributed by atoms with Crippen molar-refractivity contribution in [1.82, 2.24) is 14.1 Å². The molecule has 0 N–H and O–H groups in total. The third-order valence-electron chi connectivity index (χ3n) is 5.63. The smallest absolute Gasteiger partial charge is 0.263 e. The van der Waals surface area contributed by atoms with Crippen LogP contribution in [0.1, 0.15) is 28.2 Å². The first-order chi connectivity index (χ1) is 15.4. The normalized spacial score (nSPS) is 11.4. The number of ether oxygens (including phenoxy) is 1. The van der Waals surface area contributed by atoms with Gasteiger partial charge in [-0.25, -0.2) is 4.98 Å². The lowest BCUT2D eigenvalue weighted by atomic mass is 10.1. The van der Waals surface area contributed by atoms with Gasteiger partial charge in [0.2, 0.25) is 0 Å². The molecule has 0 radical (unpaired) electrons. The molecule has 3 heterocycles. The van der Waals surface area contributed by atoms with Gasteiger partial charge in [0, 0.05) is 53.2 Å². The molecule has 0 aliphatic heterocycles. The van der Waals surface area contributed by atoms with Crippen LogP contribution in [-0.2, 0) is 17.8 Å². The molecule has 6 nitrogen and oxygen atoms in total. The average Bonchev–Trinajstić information content (AvgIpc) is 3.33. The largest absolute Gasteiger partial charge is 0.385 e. The summed E-state index contributed by atoms with van der Waals surface area (Å²) in [5.74, 6) is -0.109. The van der Waals surface area contributed by atoms with E-state index in [4.69, 9.17) is 16.3 Å². The minimum absolute atomic E-state index is 0.0555. The highest BCUT2D eigenvalue weighted by Gasteiger charge is 2.19. The second-order valence-electron chi connectivity index (χ2n) is 7.72. The maximum atomic E-state index is 13.3. The molecular formula is C24H24ClN3O3S. The van der Waals surface area contributed by atoms with Crippen molar-refractivity contribution < 1.29 is 9.53 Å². The first-order valence-corrected chi connectivity index (χ1v) is 11.6. The third kappa shape index (κ3) is 4.28. The lowest BCUT2D eigenvalue weighted by Crippen LogP contribution is -2.24. The molecule has 0 aliphatic rings. The quantitative estimate of drug-likeness (QED) is 0.265. The topological polar surface area (TPSA) is 66.1 Å². The molecule has 1 aromatic carbocycles. The average molecular weight is 470 g/mol. The van der Waals surface area contributed by atoms with Crippen molar-refractivity contribution in [2.24, 2.45) is 0 Å². The number of thiophene rings is 1. The summed E-state index contributed by atoms with van der Waals surface area (Å²) in [5, 5.41) is 3.08. The Balaban J connectivity index is 1.65. The van der Waals surface area contributed by atoms with Crippen molar-refractivity contribution in [2.45, 2.75) is 33.4 Å². The maximum absolute atomic E-state index is 13.3. The monoisotopic (exact) mass is 469 g/mol. The Bertz CT molecular complexity index is 1340. The summed E-state index contributed by atoms with van der Waals surface area (Å²) in [7, 11) is 1.68. The van der Waals surface area contributed by atoms with Crippen molar-refractivity contribution >= 4 is 38.9 Å². The zero-order valence-electron chi connectivity index (χ0n) is 18.2. The van der Waals surface area contributed by atoms with Gasteiger partial charge in [-0.05, 0) is 44.0 Å². The number of Topliss-reactive ketones (excluding diaryl/α,β-unsaturated/α-hetero) is 1. The van der Waals surface area contributed by atoms with Gasteiger partial charge >= 0.3 is 0 Å². The number of rotatable bonds is 8. The number of aryl methyl sites for hydroxylation is 1. The number of halogens is 1. The van der Waals surface area contributed by atoms with E-state index in [0.717, 1.165) is 35.5 Å². The summed E-state index contributed by atoms with van der Waals surface area (Å²) >= 11 is 7.42. The predicted molar refractivity (Wildman–Crippen MR) is 129 cm³/mol. The van der Waals surface area contributed by atoms with Crippen molar-refractivity contribution in [3.8, 4) is 11.1 Å². The van der Waals surface area contributed by atoms with Crippen molar-refractivity contribution in [3.63, 3.8) is 0 Å². The summed E-state index contributed by atoms with van der Waals surface area (Å²) in [4.78, 5) is 31.5. The van der Waals surface area contributed by atoms with Crippen molar-refractivity contribution in [3.05, 3.63) is 74.4 Å². The molecule has 8 heteroatoms. The van der Waals surface area contributed by atoms with Crippen LogP contribution in [0.4, 0.5) is 0 Å². The fourth-order valence-corrected chi connectivity index (χ4v) is 4.99. The van der Waals surface area contributed by atoms with E-state index < -0.39 is 0 Å². The number of nitrogens with zero attached hydrogens (tertiary/aromatic N) is 3. The zero-order valence-corrected chi connectivity index (χ0v) is 19.8. The van der Waals surface area contributed by atoms with E-state index >= 15 is 0 Å². The van der Waals surface area contributed by atoms with Gasteiger partial charge in [0.25, 0.3) is 5.56 Å². The van der Waals surface area contributed by atoms with Crippen LogP contribution in [0.5, 0.6) is 0 Å². The Morgan fingerprint density at radius 2 is 1.97 bits per heavy atom. The molecule has 0 unspecified atom stereocenters. The number of fused-ring (bicyclic) bond motifs is 1. The highest BCUT2D eigenvalue weighted by Crippen LogP contribution is 2.31. The summed E-state index contributed by atoms with van der Waals surface area (Å²) in [6.07, 6.45) is 2.33. The molecule has 0 atom stereocenters. The molecular weight excluding hydrogens is 446 g/mol. The number of aromatic nitrogens is 3. The lowest BCUT2D eigenvalue weighted by Gasteiger charge is -2.10. The van der Waals surface area contributed by atoms with Crippen LogP contribution in [0.15, 0.2) is 46.8 Å². The SMILES string of the molecule is COCCCn1c(C)cc(C(=O)Cn2cnc3scc(-c4ccc(Cl)cc4)c3c2=O)c1C. The number of ketones is 1. The Morgan fingerprint density at radius 3 is 2.69 bits per heavy atom. The van der Waals surface area contributed by atoms with E-state index in [2.05, 4.69) is 9.55 Å². The van der Waals surface area contributed by atoms with Gasteiger partial charge in [-0.15, -0.1) is 11.3 Å². The first-order valence-electron chi connectivity index (χ1n) is 10.3. The van der Waals surface area contributed by atoms with Crippen LogP contribution in [0.25, 0.3) is 21.3 Å². The fraction of sp³-hybridized carbons (Fsp3) is 0.292. The van der Waals surface area contributed by atoms with Crippen LogP contribution in [0.3, 0.4) is 0 Å². The van der Waals surface area contributed by atoms with Gasteiger partial charge in [-0.3, -0.25) is 14.2 Å². The molecule has 0 fully saturated rings. The predicted octanol–water partition coefficient (Wildman–Crippen LogP) is 5.12. The molecule has 0 saturated heterocycles. The Morgan fingerprint density at radius 1 is 1.22 bits per heavy atom. The first kappa shape index (κ1) is 22.5. The van der Waals surface area contributed by atoms with Crippen LogP contribution in [-0.4, -0.2) is 33.6 Å². The van der Waals surface area contributed by atoms with E-state index in [9.17, 15) is 9.59 Å². The van der Waals surface area contributed by atoms with Gasteiger partial charge in [0.05, 0.1) is 18.3 Å². The molecule has 166 valence electrons.